The minimum absolute atomic E-state index is 0.0506. The number of aromatic nitrogens is 1. The van der Waals surface area contributed by atoms with Crippen LogP contribution in [0.4, 0.5) is 10.8 Å². The first kappa shape index (κ1) is 25.9. The number of amides is 1. The van der Waals surface area contributed by atoms with Gasteiger partial charge in [-0.3, -0.25) is 9.52 Å². The van der Waals surface area contributed by atoms with Crippen LogP contribution in [0.2, 0.25) is 5.02 Å². The second-order valence-corrected chi connectivity index (χ2v) is 12.2. The summed E-state index contributed by atoms with van der Waals surface area (Å²) in [7, 11) is -3.90. The molecule has 1 aliphatic carbocycles. The first-order valence-electron chi connectivity index (χ1n) is 11.9. The molecule has 2 N–H and O–H groups in total. The number of benzene rings is 3. The van der Waals surface area contributed by atoms with Crippen LogP contribution in [0.3, 0.4) is 0 Å². The summed E-state index contributed by atoms with van der Waals surface area (Å²) in [5, 5.41) is 3.48. The summed E-state index contributed by atoms with van der Waals surface area (Å²) in [5.74, 6) is -0.314. The van der Waals surface area contributed by atoms with Gasteiger partial charge < -0.3 is 5.32 Å². The summed E-state index contributed by atoms with van der Waals surface area (Å²) < 4.78 is 28.8. The summed E-state index contributed by atoms with van der Waals surface area (Å²) in [6.07, 6.45) is 3.66. The minimum Gasteiger partial charge on any atom is -0.302 e. The fourth-order valence-corrected chi connectivity index (χ4v) is 7.16. The molecule has 1 aromatic heterocycles. The average Bonchev–Trinajstić information content (AvgIpc) is 3.16. The zero-order valence-electron chi connectivity index (χ0n) is 20.7. The molecule has 1 heterocycles. The molecule has 0 saturated heterocycles. The van der Waals surface area contributed by atoms with Crippen LogP contribution in [0.5, 0.6) is 0 Å². The molecular formula is C29H24ClN3O3S2. The molecule has 0 unspecified atom stereocenters. The monoisotopic (exact) mass is 561 g/mol. The number of rotatable bonds is 5. The van der Waals surface area contributed by atoms with Crippen LogP contribution in [0, 0.1) is 6.92 Å². The lowest BCUT2D eigenvalue weighted by atomic mass is 9.94. The minimum atomic E-state index is -3.90. The van der Waals surface area contributed by atoms with Gasteiger partial charge in [0.25, 0.3) is 10.0 Å². The molecule has 3 aromatic carbocycles. The van der Waals surface area contributed by atoms with Gasteiger partial charge in [0.15, 0.2) is 9.34 Å². The standard InChI is InChI=1S/C29H24ClN3O3S2/c1-18-28(37-29(31-18)32-19(2)34)38(35,36)33-24-8-5-6-20(16-24)10-14-27-25-9-4-3-7-21(25)11-12-22-17-23(30)13-15-26(22)27/h3-10,13,15-17,33H,11-12H2,1-2H3,(H,31,32,34). The van der Waals surface area contributed by atoms with Crippen LogP contribution in [-0.4, -0.2) is 19.3 Å². The number of hydrogen-bond acceptors (Lipinski definition) is 5. The van der Waals surface area contributed by atoms with E-state index in [9.17, 15) is 13.2 Å². The van der Waals surface area contributed by atoms with Crippen molar-refractivity contribution in [1.29, 1.82) is 0 Å². The molecule has 0 fully saturated rings. The van der Waals surface area contributed by atoms with Gasteiger partial charge in [-0.15, -0.1) is 5.73 Å². The number of carbonyl (C=O) groups is 1. The Morgan fingerprint density at radius 2 is 1.79 bits per heavy atom. The predicted molar refractivity (Wildman–Crippen MR) is 154 cm³/mol. The lowest BCUT2D eigenvalue weighted by Crippen LogP contribution is -2.12. The van der Waals surface area contributed by atoms with Gasteiger partial charge in [0.2, 0.25) is 5.91 Å². The molecule has 1 amide bonds. The zero-order valence-corrected chi connectivity index (χ0v) is 23.1. The summed E-state index contributed by atoms with van der Waals surface area (Å²) in [6, 6.07) is 21.4. The quantitative estimate of drug-likeness (QED) is 0.265. The fraction of sp³-hybridized carbons (Fsp3) is 0.138. The topological polar surface area (TPSA) is 88.2 Å². The maximum absolute atomic E-state index is 13.1. The Balaban J connectivity index is 1.50. The van der Waals surface area contributed by atoms with Gasteiger partial charge in [-0.2, -0.15) is 0 Å². The van der Waals surface area contributed by atoms with Gasteiger partial charge in [-0.1, -0.05) is 65.4 Å². The van der Waals surface area contributed by atoms with Crippen molar-refractivity contribution in [2.75, 3.05) is 10.0 Å². The van der Waals surface area contributed by atoms with E-state index in [1.165, 1.54) is 18.1 Å². The van der Waals surface area contributed by atoms with Crippen molar-refractivity contribution in [3.05, 3.63) is 111 Å². The van der Waals surface area contributed by atoms with Gasteiger partial charge in [-0.05, 0) is 77.9 Å². The first-order chi connectivity index (χ1) is 18.2. The Morgan fingerprint density at radius 1 is 1.03 bits per heavy atom. The Kier molecular flexibility index (Phi) is 7.23. The smallest absolute Gasteiger partial charge is 0.273 e. The van der Waals surface area contributed by atoms with E-state index >= 15 is 0 Å². The van der Waals surface area contributed by atoms with Crippen LogP contribution < -0.4 is 10.0 Å². The second-order valence-electron chi connectivity index (χ2n) is 8.93. The maximum atomic E-state index is 13.1. The first-order valence-corrected chi connectivity index (χ1v) is 14.6. The van der Waals surface area contributed by atoms with E-state index < -0.39 is 10.0 Å². The highest BCUT2D eigenvalue weighted by Gasteiger charge is 2.23. The van der Waals surface area contributed by atoms with E-state index in [0.29, 0.717) is 16.4 Å². The van der Waals surface area contributed by atoms with Crippen LogP contribution in [0.25, 0.3) is 11.6 Å². The number of aryl methyl sites for hydroxylation is 3. The van der Waals surface area contributed by atoms with Crippen LogP contribution in [0.1, 0.15) is 40.4 Å². The van der Waals surface area contributed by atoms with E-state index in [1.807, 2.05) is 42.5 Å². The number of nitrogens with one attached hydrogen (secondary N) is 2. The molecule has 0 spiro atoms. The van der Waals surface area contributed by atoms with Gasteiger partial charge in [0, 0.05) is 23.2 Å². The lowest BCUT2D eigenvalue weighted by molar-refractivity contribution is -0.114. The summed E-state index contributed by atoms with van der Waals surface area (Å²) in [4.78, 5) is 15.5. The van der Waals surface area contributed by atoms with Crippen LogP contribution in [-0.2, 0) is 27.7 Å². The molecule has 0 atom stereocenters. The lowest BCUT2D eigenvalue weighted by Gasteiger charge is -2.10. The van der Waals surface area contributed by atoms with Crippen LogP contribution in [0.15, 0.2) is 76.7 Å². The zero-order chi connectivity index (χ0) is 26.9. The molecule has 0 radical (unpaired) electrons. The molecule has 0 saturated carbocycles. The molecule has 1 aliphatic rings. The van der Waals surface area contributed by atoms with Gasteiger partial charge >= 0.3 is 0 Å². The van der Waals surface area contributed by atoms with E-state index in [4.69, 9.17) is 11.6 Å². The molecule has 4 aromatic rings. The highest BCUT2D eigenvalue weighted by atomic mass is 35.5. The highest BCUT2D eigenvalue weighted by molar-refractivity contribution is 7.94. The SMILES string of the molecule is CC(=O)Nc1nc(C)c(S(=O)(=O)Nc2cccc(C=C=C3c4ccccc4CCc4cc(Cl)ccc43)c2)s1. The van der Waals surface area contributed by atoms with Gasteiger partial charge in [0.05, 0.1) is 5.69 Å². The van der Waals surface area contributed by atoms with Crippen molar-refractivity contribution < 1.29 is 13.2 Å². The normalized spacial score (nSPS) is 12.6. The van der Waals surface area contributed by atoms with Gasteiger partial charge in [-0.25, -0.2) is 13.4 Å². The second kappa shape index (κ2) is 10.6. The molecule has 6 nitrogen and oxygen atoms in total. The summed E-state index contributed by atoms with van der Waals surface area (Å²) in [5.41, 5.74) is 10.6. The summed E-state index contributed by atoms with van der Waals surface area (Å²) in [6.45, 7) is 2.94. The maximum Gasteiger partial charge on any atom is 0.273 e. The van der Waals surface area contributed by atoms with Gasteiger partial charge in [0.1, 0.15) is 0 Å². The molecule has 5 rings (SSSR count). The molecule has 0 aliphatic heterocycles. The Hall–Kier alpha value is -3.68. The van der Waals surface area contributed by atoms with Crippen LogP contribution >= 0.6 is 22.9 Å². The molecule has 38 heavy (non-hydrogen) atoms. The van der Waals surface area contributed by atoms with E-state index in [1.54, 1.807) is 25.1 Å². The van der Waals surface area contributed by atoms with E-state index in [2.05, 4.69) is 32.9 Å². The van der Waals surface area contributed by atoms with Crippen molar-refractivity contribution in [2.45, 2.75) is 30.9 Å². The summed E-state index contributed by atoms with van der Waals surface area (Å²) >= 11 is 7.21. The number of fused-ring (bicyclic) bond motifs is 2. The number of sulfonamides is 1. The Labute approximate surface area is 230 Å². The largest absolute Gasteiger partial charge is 0.302 e. The Morgan fingerprint density at radius 3 is 2.61 bits per heavy atom. The number of anilines is 2. The fourth-order valence-electron chi connectivity index (χ4n) is 4.45. The number of hydrogen-bond donors (Lipinski definition) is 2. The number of halogens is 1. The van der Waals surface area contributed by atoms with Crippen molar-refractivity contribution in [3.63, 3.8) is 0 Å². The van der Waals surface area contributed by atoms with E-state index in [0.717, 1.165) is 46.4 Å². The number of carbonyl (C=O) groups excluding carboxylic acids is 1. The van der Waals surface area contributed by atoms with Crippen molar-refractivity contribution in [1.82, 2.24) is 4.98 Å². The third-order valence-corrected chi connectivity index (χ3v) is 9.39. The number of nitrogens with zero attached hydrogens (tertiary/aromatic N) is 1. The third-order valence-electron chi connectivity index (χ3n) is 6.09. The number of thiazole rings is 1. The third kappa shape index (κ3) is 5.59. The molecule has 9 heteroatoms. The van der Waals surface area contributed by atoms with Crippen molar-refractivity contribution in [3.8, 4) is 0 Å². The molecular weight excluding hydrogens is 538 g/mol. The molecule has 0 bridgehead atoms. The van der Waals surface area contributed by atoms with E-state index in [-0.39, 0.29) is 15.2 Å². The average molecular weight is 562 g/mol. The van der Waals surface area contributed by atoms with Crippen molar-refractivity contribution in [2.24, 2.45) is 0 Å². The Bertz CT molecular complexity index is 1740. The van der Waals surface area contributed by atoms with Crippen molar-refractivity contribution >= 4 is 61.3 Å². The molecule has 192 valence electrons. The highest BCUT2D eigenvalue weighted by Crippen LogP contribution is 2.34. The predicted octanol–water partition coefficient (Wildman–Crippen LogP) is 6.71.